The highest BCUT2D eigenvalue weighted by Gasteiger charge is 2.25. The van der Waals surface area contributed by atoms with E-state index in [2.05, 4.69) is 67.7 Å². The maximum Gasteiger partial charge on any atom is 0.472 e. The van der Waals surface area contributed by atoms with Gasteiger partial charge in [-0.3, -0.25) is 13.8 Å². The second kappa shape index (κ2) is 33.6. The molecule has 0 fully saturated rings. The number of esters is 1. The van der Waals surface area contributed by atoms with Crippen LogP contribution < -0.4 is 5.73 Å². The minimum absolute atomic E-state index is 0.0955. The number of phosphoric ester groups is 1. The molecular formula is C36H64NO7P. The van der Waals surface area contributed by atoms with Crippen LogP contribution >= 0.6 is 7.82 Å². The second-order valence-corrected chi connectivity index (χ2v) is 12.5. The van der Waals surface area contributed by atoms with Gasteiger partial charge in [0.2, 0.25) is 0 Å². The van der Waals surface area contributed by atoms with Crippen LogP contribution in [0.5, 0.6) is 0 Å². The maximum atomic E-state index is 12.0. The van der Waals surface area contributed by atoms with Gasteiger partial charge in [-0.2, -0.15) is 0 Å². The molecule has 45 heavy (non-hydrogen) atoms. The average molecular weight is 654 g/mol. The molecule has 0 aromatic carbocycles. The fourth-order valence-electron chi connectivity index (χ4n) is 4.18. The molecule has 2 atom stereocenters. The monoisotopic (exact) mass is 653 g/mol. The summed E-state index contributed by atoms with van der Waals surface area (Å²) in [6, 6.07) is 0. The van der Waals surface area contributed by atoms with Crippen LogP contribution in [0.25, 0.3) is 0 Å². The van der Waals surface area contributed by atoms with Crippen molar-refractivity contribution in [2.45, 2.75) is 129 Å². The molecule has 2 unspecified atom stereocenters. The molecule has 0 rings (SSSR count). The number of ether oxygens (including phenoxy) is 2. The van der Waals surface area contributed by atoms with E-state index in [1.165, 1.54) is 38.5 Å². The Kier molecular flexibility index (Phi) is 32.2. The fraction of sp³-hybridized carbons (Fsp3) is 0.694. The van der Waals surface area contributed by atoms with Crippen LogP contribution in [-0.2, 0) is 27.9 Å². The van der Waals surface area contributed by atoms with Crippen molar-refractivity contribution >= 4 is 13.8 Å². The number of hydrogen-bond acceptors (Lipinski definition) is 7. The van der Waals surface area contributed by atoms with Crippen molar-refractivity contribution in [3.05, 3.63) is 60.8 Å². The first-order chi connectivity index (χ1) is 21.9. The highest BCUT2D eigenvalue weighted by atomic mass is 31.2. The first kappa shape index (κ1) is 43.2. The lowest BCUT2D eigenvalue weighted by Crippen LogP contribution is -2.28. The van der Waals surface area contributed by atoms with Gasteiger partial charge in [0, 0.05) is 19.6 Å². The van der Waals surface area contributed by atoms with Crippen LogP contribution in [0.2, 0.25) is 0 Å². The van der Waals surface area contributed by atoms with Crippen molar-refractivity contribution in [3.63, 3.8) is 0 Å². The molecule has 0 aliphatic rings. The smallest absolute Gasteiger partial charge is 0.457 e. The zero-order chi connectivity index (χ0) is 33.1. The van der Waals surface area contributed by atoms with Gasteiger partial charge in [-0.25, -0.2) is 4.57 Å². The van der Waals surface area contributed by atoms with E-state index in [4.69, 9.17) is 24.3 Å². The first-order valence-electron chi connectivity index (χ1n) is 17.3. The lowest BCUT2D eigenvalue weighted by molar-refractivity contribution is -0.154. The first-order valence-corrected chi connectivity index (χ1v) is 18.8. The molecule has 8 nitrogen and oxygen atoms in total. The lowest BCUT2D eigenvalue weighted by atomic mass is 10.1. The van der Waals surface area contributed by atoms with Crippen LogP contribution in [0.1, 0.15) is 123 Å². The number of carbonyl (C=O) groups is 1. The third-order valence-electron chi connectivity index (χ3n) is 6.70. The van der Waals surface area contributed by atoms with Gasteiger partial charge in [-0.1, -0.05) is 120 Å². The summed E-state index contributed by atoms with van der Waals surface area (Å²) in [5, 5.41) is 0. The summed E-state index contributed by atoms with van der Waals surface area (Å²) >= 11 is 0. The Balaban J connectivity index is 3.79. The number of phosphoric acid groups is 1. The second-order valence-electron chi connectivity index (χ2n) is 11.0. The van der Waals surface area contributed by atoms with Crippen LogP contribution in [0.15, 0.2) is 60.8 Å². The quantitative estimate of drug-likeness (QED) is 0.0319. The summed E-state index contributed by atoms with van der Waals surface area (Å²) in [5.74, 6) is -0.373. The number of nitrogens with two attached hydrogens (primary N) is 1. The third-order valence-corrected chi connectivity index (χ3v) is 7.68. The molecule has 0 saturated heterocycles. The van der Waals surface area contributed by atoms with Gasteiger partial charge in [0.15, 0.2) is 0 Å². The molecular weight excluding hydrogens is 589 g/mol. The van der Waals surface area contributed by atoms with Gasteiger partial charge in [-0.05, 0) is 57.8 Å². The van der Waals surface area contributed by atoms with Crippen molar-refractivity contribution in [2.75, 3.05) is 33.0 Å². The Morgan fingerprint density at radius 1 is 0.689 bits per heavy atom. The van der Waals surface area contributed by atoms with Gasteiger partial charge < -0.3 is 20.1 Å². The fourth-order valence-corrected chi connectivity index (χ4v) is 4.94. The largest absolute Gasteiger partial charge is 0.472 e. The molecule has 0 radical (unpaired) electrons. The molecule has 260 valence electrons. The standard InChI is InChI=1S/C36H64NO7P/c1-3-5-7-8-9-10-11-12-13-14-15-16-17-18-19-20-21-22-23-24-25-26-27-28-31-41-33-35(44-36(38)29-6-4-2)34-43-45(39,40)42-32-30-37/h5,7,9-10,12-13,15-16,18-19,35H,3-4,6,8,11,14,17,20-34,37H2,1-2H3,(H,39,40)/b7-5-,10-9-,13-12-,16-15-,19-18-. The Bertz CT molecular complexity index is 869. The van der Waals surface area contributed by atoms with Crippen molar-refractivity contribution in [1.82, 2.24) is 0 Å². The molecule has 0 spiro atoms. The molecule has 0 aliphatic heterocycles. The summed E-state index contributed by atoms with van der Waals surface area (Å²) in [6.07, 6.45) is 39.2. The van der Waals surface area contributed by atoms with Crippen LogP contribution in [-0.4, -0.2) is 49.9 Å². The topological polar surface area (TPSA) is 117 Å². The van der Waals surface area contributed by atoms with E-state index < -0.39 is 13.9 Å². The predicted molar refractivity (Wildman–Crippen MR) is 187 cm³/mol. The summed E-state index contributed by atoms with van der Waals surface area (Å²) in [5.41, 5.74) is 5.30. The number of allylic oxidation sites excluding steroid dienone is 10. The molecule has 3 N–H and O–H groups in total. The number of rotatable bonds is 32. The van der Waals surface area contributed by atoms with Gasteiger partial charge in [0.25, 0.3) is 0 Å². The molecule has 0 saturated carbocycles. The summed E-state index contributed by atoms with van der Waals surface area (Å²) in [4.78, 5) is 21.7. The Hall–Kier alpha value is -1.80. The van der Waals surface area contributed by atoms with Crippen molar-refractivity contribution in [1.29, 1.82) is 0 Å². The number of hydrogen-bond donors (Lipinski definition) is 2. The van der Waals surface area contributed by atoms with Crippen LogP contribution in [0, 0.1) is 0 Å². The van der Waals surface area contributed by atoms with Gasteiger partial charge in [0.1, 0.15) is 6.10 Å². The molecule has 0 aromatic rings. The van der Waals surface area contributed by atoms with E-state index in [1.807, 2.05) is 6.92 Å². The van der Waals surface area contributed by atoms with Crippen molar-refractivity contribution in [2.24, 2.45) is 5.73 Å². The zero-order valence-corrected chi connectivity index (χ0v) is 29.2. The highest BCUT2D eigenvalue weighted by molar-refractivity contribution is 7.47. The van der Waals surface area contributed by atoms with Gasteiger partial charge in [-0.15, -0.1) is 0 Å². The van der Waals surface area contributed by atoms with Gasteiger partial charge >= 0.3 is 13.8 Å². The highest BCUT2D eigenvalue weighted by Crippen LogP contribution is 2.43. The molecule has 0 aliphatic carbocycles. The number of unbranched alkanes of at least 4 members (excludes halogenated alkanes) is 9. The van der Waals surface area contributed by atoms with E-state index in [-0.39, 0.29) is 38.8 Å². The van der Waals surface area contributed by atoms with E-state index in [1.54, 1.807) is 0 Å². The number of carbonyl (C=O) groups excluding carboxylic acids is 1. The summed E-state index contributed by atoms with van der Waals surface area (Å²) < 4.78 is 32.7. The third kappa shape index (κ3) is 33.4. The normalized spacial score (nSPS) is 14.5. The average Bonchev–Trinajstić information content (AvgIpc) is 3.03. The van der Waals surface area contributed by atoms with Gasteiger partial charge in [0.05, 0.1) is 19.8 Å². The molecule has 0 aromatic heterocycles. The SMILES string of the molecule is CC/C=C\C/C=C\C/C=C\C/C=C\C/C=C\CCCCCCCCCCOCC(COP(=O)(O)OCCN)OC(=O)CCCC. The Labute approximate surface area is 274 Å². The lowest BCUT2D eigenvalue weighted by Gasteiger charge is -2.20. The minimum Gasteiger partial charge on any atom is -0.457 e. The molecule has 0 bridgehead atoms. The van der Waals surface area contributed by atoms with E-state index in [9.17, 15) is 14.3 Å². The van der Waals surface area contributed by atoms with Crippen LogP contribution in [0.4, 0.5) is 0 Å². The minimum atomic E-state index is -4.25. The van der Waals surface area contributed by atoms with Crippen molar-refractivity contribution < 1.29 is 32.8 Å². The van der Waals surface area contributed by atoms with E-state index in [0.29, 0.717) is 6.61 Å². The maximum absolute atomic E-state index is 12.0. The molecule has 9 heteroatoms. The van der Waals surface area contributed by atoms with Crippen molar-refractivity contribution in [3.8, 4) is 0 Å². The summed E-state index contributed by atoms with van der Waals surface area (Å²) in [7, 11) is -4.25. The Morgan fingerprint density at radius 3 is 1.78 bits per heavy atom. The van der Waals surface area contributed by atoms with E-state index >= 15 is 0 Å². The Morgan fingerprint density at radius 2 is 1.22 bits per heavy atom. The predicted octanol–water partition coefficient (Wildman–Crippen LogP) is 9.46. The summed E-state index contributed by atoms with van der Waals surface area (Å²) in [6.45, 7) is 4.50. The van der Waals surface area contributed by atoms with E-state index in [0.717, 1.165) is 64.2 Å². The van der Waals surface area contributed by atoms with Crippen LogP contribution in [0.3, 0.4) is 0 Å². The zero-order valence-electron chi connectivity index (χ0n) is 28.3. The molecule has 0 amide bonds. The molecule has 0 heterocycles.